The van der Waals surface area contributed by atoms with Gasteiger partial charge in [-0.15, -0.1) is 0 Å². The first-order valence-electron chi connectivity index (χ1n) is 7.09. The number of carbonyl (C=O) groups excluding carboxylic acids is 1. The SMILES string of the molecule is CC(CC1CCCC1)C(=O)NCC1(O)CCC1. The molecule has 1 amide bonds. The van der Waals surface area contributed by atoms with E-state index in [0.29, 0.717) is 6.54 Å². The van der Waals surface area contributed by atoms with Crippen molar-refractivity contribution in [1.29, 1.82) is 0 Å². The monoisotopic (exact) mass is 239 g/mol. The molecule has 2 N–H and O–H groups in total. The van der Waals surface area contributed by atoms with Gasteiger partial charge in [-0.05, 0) is 31.6 Å². The molecule has 0 aliphatic heterocycles. The highest BCUT2D eigenvalue weighted by Gasteiger charge is 2.35. The molecule has 98 valence electrons. The standard InChI is InChI=1S/C14H25NO2/c1-11(9-12-5-2-3-6-12)13(16)15-10-14(17)7-4-8-14/h11-12,17H,2-10H2,1H3,(H,15,16). The van der Waals surface area contributed by atoms with Crippen molar-refractivity contribution < 1.29 is 9.90 Å². The Morgan fingerprint density at radius 2 is 2.00 bits per heavy atom. The van der Waals surface area contributed by atoms with E-state index in [9.17, 15) is 9.90 Å². The lowest BCUT2D eigenvalue weighted by molar-refractivity contribution is -0.127. The molecule has 0 aromatic carbocycles. The van der Waals surface area contributed by atoms with Gasteiger partial charge in [0.1, 0.15) is 0 Å². The number of hydrogen-bond donors (Lipinski definition) is 2. The van der Waals surface area contributed by atoms with E-state index in [0.717, 1.165) is 31.6 Å². The van der Waals surface area contributed by atoms with Crippen LogP contribution in [0.2, 0.25) is 0 Å². The molecule has 2 aliphatic rings. The maximum absolute atomic E-state index is 11.9. The van der Waals surface area contributed by atoms with Crippen LogP contribution in [-0.2, 0) is 4.79 Å². The third kappa shape index (κ3) is 3.44. The van der Waals surface area contributed by atoms with Crippen molar-refractivity contribution >= 4 is 5.91 Å². The largest absolute Gasteiger partial charge is 0.388 e. The lowest BCUT2D eigenvalue weighted by Crippen LogP contribution is -2.48. The van der Waals surface area contributed by atoms with Gasteiger partial charge >= 0.3 is 0 Å². The first kappa shape index (κ1) is 12.9. The molecule has 3 nitrogen and oxygen atoms in total. The first-order chi connectivity index (χ1) is 8.09. The first-order valence-corrected chi connectivity index (χ1v) is 7.09. The maximum Gasteiger partial charge on any atom is 0.222 e. The minimum absolute atomic E-state index is 0.0989. The minimum Gasteiger partial charge on any atom is -0.388 e. The summed E-state index contributed by atoms with van der Waals surface area (Å²) < 4.78 is 0. The fourth-order valence-electron chi connectivity index (χ4n) is 3.04. The van der Waals surface area contributed by atoms with Crippen molar-refractivity contribution in [1.82, 2.24) is 5.32 Å². The second-order valence-corrected chi connectivity index (χ2v) is 6.08. The molecular weight excluding hydrogens is 214 g/mol. The normalized spacial score (nSPS) is 25.3. The molecule has 17 heavy (non-hydrogen) atoms. The Bertz CT molecular complexity index is 267. The molecule has 3 heteroatoms. The molecule has 0 aromatic rings. The summed E-state index contributed by atoms with van der Waals surface area (Å²) in [6.07, 6.45) is 9.03. The van der Waals surface area contributed by atoms with Crippen LogP contribution in [0.15, 0.2) is 0 Å². The predicted octanol–water partition coefficient (Wildman–Crippen LogP) is 2.23. The Kier molecular flexibility index (Phi) is 4.08. The number of aliphatic hydroxyl groups is 1. The molecule has 1 unspecified atom stereocenters. The van der Waals surface area contributed by atoms with Gasteiger partial charge in [-0.1, -0.05) is 32.6 Å². The Morgan fingerprint density at radius 3 is 2.53 bits per heavy atom. The van der Waals surface area contributed by atoms with Crippen LogP contribution in [0.3, 0.4) is 0 Å². The van der Waals surface area contributed by atoms with Crippen molar-refractivity contribution in [3.63, 3.8) is 0 Å². The molecule has 2 aliphatic carbocycles. The Hall–Kier alpha value is -0.570. The molecule has 0 bridgehead atoms. The van der Waals surface area contributed by atoms with E-state index in [1.807, 2.05) is 6.92 Å². The van der Waals surface area contributed by atoms with Gasteiger partial charge in [0.05, 0.1) is 5.60 Å². The average Bonchev–Trinajstić information content (AvgIpc) is 2.75. The van der Waals surface area contributed by atoms with Gasteiger partial charge < -0.3 is 10.4 Å². The fourth-order valence-corrected chi connectivity index (χ4v) is 3.04. The maximum atomic E-state index is 11.9. The number of carbonyl (C=O) groups is 1. The summed E-state index contributed by atoms with van der Waals surface area (Å²) >= 11 is 0. The zero-order valence-corrected chi connectivity index (χ0v) is 10.9. The fraction of sp³-hybridized carbons (Fsp3) is 0.929. The predicted molar refractivity (Wildman–Crippen MR) is 67.5 cm³/mol. The highest BCUT2D eigenvalue weighted by Crippen LogP contribution is 2.32. The van der Waals surface area contributed by atoms with Gasteiger partial charge in [0.15, 0.2) is 0 Å². The zero-order chi connectivity index (χ0) is 12.3. The third-order valence-electron chi connectivity index (χ3n) is 4.49. The van der Waals surface area contributed by atoms with E-state index in [1.54, 1.807) is 0 Å². The quantitative estimate of drug-likeness (QED) is 0.773. The van der Waals surface area contributed by atoms with Gasteiger partial charge in [0.2, 0.25) is 5.91 Å². The Morgan fingerprint density at radius 1 is 1.35 bits per heavy atom. The summed E-state index contributed by atoms with van der Waals surface area (Å²) in [5, 5.41) is 12.8. The van der Waals surface area contributed by atoms with E-state index in [-0.39, 0.29) is 11.8 Å². The number of hydrogen-bond acceptors (Lipinski definition) is 2. The topological polar surface area (TPSA) is 49.3 Å². The van der Waals surface area contributed by atoms with Crippen LogP contribution in [0.1, 0.15) is 58.3 Å². The van der Waals surface area contributed by atoms with Crippen LogP contribution in [0.25, 0.3) is 0 Å². The highest BCUT2D eigenvalue weighted by molar-refractivity contribution is 5.78. The van der Waals surface area contributed by atoms with Crippen molar-refractivity contribution in [2.24, 2.45) is 11.8 Å². The number of amides is 1. The second kappa shape index (κ2) is 5.38. The molecular formula is C14H25NO2. The van der Waals surface area contributed by atoms with Crippen LogP contribution < -0.4 is 5.32 Å². The van der Waals surface area contributed by atoms with Gasteiger partial charge in [-0.2, -0.15) is 0 Å². The van der Waals surface area contributed by atoms with Crippen LogP contribution in [0.5, 0.6) is 0 Å². The Labute approximate surface area is 104 Å². The molecule has 2 rings (SSSR count). The molecule has 0 radical (unpaired) electrons. The summed E-state index contributed by atoms with van der Waals surface area (Å²) in [7, 11) is 0. The number of rotatable bonds is 5. The van der Waals surface area contributed by atoms with Crippen LogP contribution in [-0.4, -0.2) is 23.2 Å². The minimum atomic E-state index is -0.595. The summed E-state index contributed by atoms with van der Waals surface area (Å²) in [5.74, 6) is 0.974. The van der Waals surface area contributed by atoms with E-state index >= 15 is 0 Å². The smallest absolute Gasteiger partial charge is 0.222 e. The molecule has 0 heterocycles. The molecule has 0 spiro atoms. The summed E-state index contributed by atoms with van der Waals surface area (Å²) in [4.78, 5) is 11.9. The van der Waals surface area contributed by atoms with Gasteiger partial charge in [0.25, 0.3) is 0 Å². The molecule has 1 atom stereocenters. The van der Waals surface area contributed by atoms with Crippen molar-refractivity contribution in [3.8, 4) is 0 Å². The summed E-state index contributed by atoms with van der Waals surface area (Å²) in [6.45, 7) is 2.46. The van der Waals surface area contributed by atoms with Gasteiger partial charge in [-0.25, -0.2) is 0 Å². The van der Waals surface area contributed by atoms with E-state index in [4.69, 9.17) is 0 Å². The second-order valence-electron chi connectivity index (χ2n) is 6.08. The van der Waals surface area contributed by atoms with Crippen LogP contribution in [0.4, 0.5) is 0 Å². The summed E-state index contributed by atoms with van der Waals surface area (Å²) in [6, 6.07) is 0. The average molecular weight is 239 g/mol. The third-order valence-corrected chi connectivity index (χ3v) is 4.49. The molecule has 2 saturated carbocycles. The Balaban J connectivity index is 1.67. The zero-order valence-electron chi connectivity index (χ0n) is 10.9. The van der Waals surface area contributed by atoms with Crippen LogP contribution >= 0.6 is 0 Å². The highest BCUT2D eigenvalue weighted by atomic mass is 16.3. The molecule has 0 aromatic heterocycles. The van der Waals surface area contributed by atoms with E-state index in [1.165, 1.54) is 25.7 Å². The molecule has 2 fully saturated rings. The van der Waals surface area contributed by atoms with Crippen molar-refractivity contribution in [2.45, 2.75) is 63.9 Å². The lowest BCUT2D eigenvalue weighted by atomic mass is 9.80. The van der Waals surface area contributed by atoms with Crippen molar-refractivity contribution in [2.75, 3.05) is 6.54 Å². The van der Waals surface area contributed by atoms with E-state index < -0.39 is 5.60 Å². The summed E-state index contributed by atoms with van der Waals surface area (Å²) in [5.41, 5.74) is -0.595. The number of nitrogens with one attached hydrogen (secondary N) is 1. The van der Waals surface area contributed by atoms with Gasteiger partial charge in [-0.3, -0.25) is 4.79 Å². The molecule has 0 saturated heterocycles. The lowest BCUT2D eigenvalue weighted by Gasteiger charge is -2.36. The van der Waals surface area contributed by atoms with Crippen LogP contribution in [0, 0.1) is 11.8 Å². The van der Waals surface area contributed by atoms with E-state index in [2.05, 4.69) is 5.32 Å². The van der Waals surface area contributed by atoms with Crippen molar-refractivity contribution in [3.05, 3.63) is 0 Å². The van der Waals surface area contributed by atoms with Gasteiger partial charge in [0, 0.05) is 12.5 Å².